The smallest absolute Gasteiger partial charge is 0.369 e. The van der Waals surface area contributed by atoms with E-state index in [4.69, 9.17) is 0 Å². The van der Waals surface area contributed by atoms with E-state index in [2.05, 4.69) is 48.6 Å². The Balaban J connectivity index is 1.46. The minimum Gasteiger partial charge on any atom is -0.369 e. The van der Waals surface area contributed by atoms with Crippen molar-refractivity contribution in [2.75, 3.05) is 44.7 Å². The molecule has 0 saturated carbocycles. The van der Waals surface area contributed by atoms with E-state index in [0.29, 0.717) is 25.5 Å². The zero-order valence-corrected chi connectivity index (χ0v) is 16.9. The van der Waals surface area contributed by atoms with Gasteiger partial charge < -0.3 is 15.5 Å². The van der Waals surface area contributed by atoms with Gasteiger partial charge in [-0.05, 0) is 37.1 Å². The van der Waals surface area contributed by atoms with E-state index in [0.717, 1.165) is 24.0 Å². The maximum absolute atomic E-state index is 12.5. The van der Waals surface area contributed by atoms with Crippen molar-refractivity contribution < 1.29 is 13.2 Å². The molecule has 2 aliphatic rings. The van der Waals surface area contributed by atoms with Crippen LogP contribution in [0.15, 0.2) is 33.7 Å². The quantitative estimate of drug-likeness (QED) is 0.550. The van der Waals surface area contributed by atoms with Gasteiger partial charge in [0.1, 0.15) is 0 Å². The number of anilines is 1. The number of rotatable bonds is 4. The maximum Gasteiger partial charge on any atom is 0.401 e. The molecule has 2 aliphatic heterocycles. The third kappa shape index (κ3) is 6.00. The molecule has 2 fully saturated rings. The molecule has 0 aliphatic carbocycles. The van der Waals surface area contributed by atoms with Crippen LogP contribution in [-0.4, -0.2) is 68.9 Å². The summed E-state index contributed by atoms with van der Waals surface area (Å²) >= 11 is 3.45. The molecule has 150 valence electrons. The minimum absolute atomic E-state index is 0.0115. The molecule has 27 heavy (non-hydrogen) atoms. The Hall–Kier alpha value is -1.48. The van der Waals surface area contributed by atoms with E-state index in [1.165, 1.54) is 10.6 Å². The van der Waals surface area contributed by atoms with Crippen molar-refractivity contribution in [1.82, 2.24) is 15.5 Å². The molecule has 0 spiro atoms. The molecule has 2 atom stereocenters. The number of nitrogens with one attached hydrogen (secondary N) is 2. The Kier molecular flexibility index (Phi) is 6.52. The van der Waals surface area contributed by atoms with Crippen LogP contribution in [0.4, 0.5) is 18.9 Å². The summed E-state index contributed by atoms with van der Waals surface area (Å²) in [6.45, 7) is 1.82. The topological polar surface area (TPSA) is 42.9 Å². The molecule has 0 amide bonds. The van der Waals surface area contributed by atoms with Crippen LogP contribution in [0.1, 0.15) is 12.8 Å². The van der Waals surface area contributed by atoms with E-state index in [9.17, 15) is 13.2 Å². The Morgan fingerprint density at radius 3 is 2.37 bits per heavy atom. The Morgan fingerprint density at radius 1 is 1.11 bits per heavy atom. The first-order valence-corrected chi connectivity index (χ1v) is 9.91. The lowest BCUT2D eigenvalue weighted by atomic mass is 10.2. The highest BCUT2D eigenvalue weighted by molar-refractivity contribution is 9.10. The third-order valence-corrected chi connectivity index (χ3v) is 5.49. The van der Waals surface area contributed by atoms with E-state index >= 15 is 0 Å². The van der Waals surface area contributed by atoms with Gasteiger partial charge in [0.25, 0.3) is 0 Å². The average Bonchev–Trinajstić information content (AvgIpc) is 3.23. The first-order valence-electron chi connectivity index (χ1n) is 9.12. The number of benzene rings is 1. The number of halogens is 4. The Labute approximate surface area is 166 Å². The van der Waals surface area contributed by atoms with Gasteiger partial charge >= 0.3 is 6.18 Å². The first kappa shape index (κ1) is 20.3. The van der Waals surface area contributed by atoms with Crippen molar-refractivity contribution in [3.05, 3.63) is 28.7 Å². The summed E-state index contributed by atoms with van der Waals surface area (Å²) in [6, 6.07) is 8.49. The summed E-state index contributed by atoms with van der Waals surface area (Å²) in [6.07, 6.45) is -2.47. The number of hydrogen-bond donors (Lipinski definition) is 2. The van der Waals surface area contributed by atoms with Crippen LogP contribution in [0.5, 0.6) is 0 Å². The summed E-state index contributed by atoms with van der Waals surface area (Å²) in [5.74, 6) is 0.663. The van der Waals surface area contributed by atoms with Gasteiger partial charge in [0.05, 0.1) is 6.54 Å². The SMILES string of the molecule is CN=C(NC1CCN(CC(F)(F)F)C1)NC1CCN(c2ccc(Br)cc2)C1. The van der Waals surface area contributed by atoms with Crippen LogP contribution in [0.3, 0.4) is 0 Å². The molecule has 9 heteroatoms. The summed E-state index contributed by atoms with van der Waals surface area (Å²) in [5.41, 5.74) is 1.18. The average molecular weight is 448 g/mol. The fourth-order valence-corrected chi connectivity index (χ4v) is 3.93. The van der Waals surface area contributed by atoms with Crippen LogP contribution < -0.4 is 15.5 Å². The number of aliphatic imine (C=N–C) groups is 1. The Morgan fingerprint density at radius 2 is 1.74 bits per heavy atom. The summed E-state index contributed by atoms with van der Waals surface area (Å²) in [5, 5.41) is 6.69. The zero-order chi connectivity index (χ0) is 19.4. The largest absolute Gasteiger partial charge is 0.401 e. The molecular formula is C18H25BrF3N5. The van der Waals surface area contributed by atoms with Crippen molar-refractivity contribution >= 4 is 27.6 Å². The summed E-state index contributed by atoms with van der Waals surface area (Å²) in [4.78, 5) is 8.01. The van der Waals surface area contributed by atoms with E-state index in [1.807, 2.05) is 12.1 Å². The molecule has 0 aromatic heterocycles. The second kappa shape index (κ2) is 8.68. The molecule has 0 bridgehead atoms. The zero-order valence-electron chi connectivity index (χ0n) is 15.3. The van der Waals surface area contributed by atoms with Crippen molar-refractivity contribution in [3.8, 4) is 0 Å². The first-order chi connectivity index (χ1) is 12.8. The summed E-state index contributed by atoms with van der Waals surface area (Å²) in [7, 11) is 1.69. The predicted octanol–water partition coefficient (Wildman–Crippen LogP) is 2.83. The molecule has 3 rings (SSSR count). The van der Waals surface area contributed by atoms with Gasteiger partial charge in [-0.2, -0.15) is 13.2 Å². The van der Waals surface area contributed by atoms with Gasteiger partial charge in [-0.15, -0.1) is 0 Å². The number of guanidine groups is 1. The molecule has 2 N–H and O–H groups in total. The van der Waals surface area contributed by atoms with Crippen LogP contribution in [0.2, 0.25) is 0 Å². The molecular weight excluding hydrogens is 423 g/mol. The lowest BCUT2D eigenvalue weighted by Crippen LogP contribution is -2.49. The van der Waals surface area contributed by atoms with Gasteiger partial charge in [-0.1, -0.05) is 15.9 Å². The van der Waals surface area contributed by atoms with Crippen molar-refractivity contribution in [1.29, 1.82) is 0 Å². The van der Waals surface area contributed by atoms with Crippen LogP contribution in [0.25, 0.3) is 0 Å². The van der Waals surface area contributed by atoms with Gasteiger partial charge in [0.15, 0.2) is 5.96 Å². The molecule has 1 aromatic rings. The normalized spacial score (nSPS) is 24.5. The van der Waals surface area contributed by atoms with Crippen molar-refractivity contribution in [2.45, 2.75) is 31.1 Å². The fraction of sp³-hybridized carbons (Fsp3) is 0.611. The molecule has 5 nitrogen and oxygen atoms in total. The minimum atomic E-state index is -4.14. The number of alkyl halides is 3. The van der Waals surface area contributed by atoms with Gasteiger partial charge in [-0.3, -0.25) is 9.89 Å². The van der Waals surface area contributed by atoms with Gasteiger partial charge in [0.2, 0.25) is 0 Å². The van der Waals surface area contributed by atoms with E-state index in [-0.39, 0.29) is 12.1 Å². The maximum atomic E-state index is 12.5. The number of likely N-dealkylation sites (tertiary alicyclic amines) is 1. The number of hydrogen-bond acceptors (Lipinski definition) is 3. The molecule has 2 unspecified atom stereocenters. The van der Waals surface area contributed by atoms with Crippen LogP contribution in [0, 0.1) is 0 Å². The van der Waals surface area contributed by atoms with Crippen LogP contribution >= 0.6 is 15.9 Å². The van der Waals surface area contributed by atoms with E-state index in [1.54, 1.807) is 7.05 Å². The highest BCUT2D eigenvalue weighted by atomic mass is 79.9. The van der Waals surface area contributed by atoms with Crippen molar-refractivity contribution in [2.24, 2.45) is 4.99 Å². The monoisotopic (exact) mass is 447 g/mol. The highest BCUT2D eigenvalue weighted by Gasteiger charge is 2.34. The molecule has 2 saturated heterocycles. The van der Waals surface area contributed by atoms with Crippen LogP contribution in [-0.2, 0) is 0 Å². The fourth-order valence-electron chi connectivity index (χ4n) is 3.67. The lowest BCUT2D eigenvalue weighted by molar-refractivity contribution is -0.143. The van der Waals surface area contributed by atoms with Gasteiger partial charge in [-0.25, -0.2) is 0 Å². The molecule has 1 aromatic carbocycles. The van der Waals surface area contributed by atoms with Gasteiger partial charge in [0, 0.05) is 55.5 Å². The molecule has 0 radical (unpaired) electrons. The van der Waals surface area contributed by atoms with Crippen molar-refractivity contribution in [3.63, 3.8) is 0 Å². The lowest BCUT2D eigenvalue weighted by Gasteiger charge is -2.23. The highest BCUT2D eigenvalue weighted by Crippen LogP contribution is 2.23. The Bertz CT molecular complexity index is 649. The molecule has 2 heterocycles. The second-order valence-electron chi connectivity index (χ2n) is 7.10. The summed E-state index contributed by atoms with van der Waals surface area (Å²) < 4.78 is 38.6. The van der Waals surface area contributed by atoms with E-state index < -0.39 is 12.7 Å². The third-order valence-electron chi connectivity index (χ3n) is 4.96. The second-order valence-corrected chi connectivity index (χ2v) is 8.02. The number of nitrogens with zero attached hydrogens (tertiary/aromatic N) is 3. The predicted molar refractivity (Wildman–Crippen MR) is 105 cm³/mol. The standard InChI is InChI=1S/C18H25BrF3N5/c1-23-17(24-14-6-8-26(10-14)12-18(20,21)22)25-15-7-9-27(11-15)16-4-2-13(19)3-5-16/h2-5,14-15H,6-12H2,1H3,(H2,23,24,25).